The van der Waals surface area contributed by atoms with Gasteiger partial charge in [0.1, 0.15) is 0 Å². The minimum absolute atomic E-state index is 0.0109. The van der Waals surface area contributed by atoms with Crippen LogP contribution in [0.15, 0.2) is 315 Å². The molecule has 6 aliphatic rings. The van der Waals surface area contributed by atoms with Crippen molar-refractivity contribution < 1.29 is 13.9 Å². The van der Waals surface area contributed by atoms with Crippen molar-refractivity contribution in [2.24, 2.45) is 0 Å². The molecule has 0 aliphatic carbocycles. The number of carbonyl (C=O) groups excluding carboxylic acids is 1. The number of nitrogens with one attached hydrogen (secondary N) is 4. The highest BCUT2D eigenvalue weighted by Gasteiger charge is 2.73. The summed E-state index contributed by atoms with van der Waals surface area (Å²) in [5, 5.41) is 2.44. The number of benzene rings is 8. The standard InChI is InChI=1S/C52H52N4O.C52H42N4/c1-7-35-16-20-39(21-17-35)51(57)47-32-31-46(56-47)50(38-22-24-40(25-23-38)52(4,5)6)45-30-29-44(55-45)49(37-18-13-33(2)14-19-37)43-28-27-42(54-43)48(36-11-9-8-10-12-36)41-26-15-34(3)53-41;1-6-33-14-18-36(19-15-33)49-43-27-25-40-47(34-10-8-7-9-11-34)39-24-26-41-48(35-16-12-32(2)13-17-35)42-28-30-45-50(37-20-22-38(23-21-37)51(3,4)5)46-31-29-44(49)56(46)52(53(39)41,54(40)43)55(42)45/h8-32,48-50,53-56H,7H2,1-6H3;7-31H,6H2,1-5H3/q;+2/t;52-/m.0/s1. The van der Waals surface area contributed by atoms with Crippen LogP contribution in [0.25, 0.3) is 22.3 Å². The molecular weight excluding hydrogens is 1380 g/mol. The average molecular weight is 1470 g/mol. The van der Waals surface area contributed by atoms with Gasteiger partial charge in [-0.3, -0.25) is 4.79 Å². The molecule has 4 N–H and O–H groups in total. The number of hydrogen-bond donors (Lipinski definition) is 4. The predicted octanol–water partition coefficient (Wildman–Crippen LogP) is 20.8. The molecule has 554 valence electrons. The van der Waals surface area contributed by atoms with Gasteiger partial charge in [0.2, 0.25) is 28.6 Å². The Balaban J connectivity index is 0.000000152. The van der Waals surface area contributed by atoms with Gasteiger partial charge in [-0.15, -0.1) is 0 Å². The van der Waals surface area contributed by atoms with Crippen LogP contribution in [0.3, 0.4) is 0 Å². The number of rotatable bonds is 17. The molecule has 8 aromatic carbocycles. The van der Waals surface area contributed by atoms with Crippen LogP contribution in [0, 0.1) is 20.8 Å². The number of aryl methyl sites for hydroxylation is 5. The average Bonchev–Trinajstić information content (AvgIpc) is 1.51. The Kier molecular flexibility index (Phi) is 17.0. The first kappa shape index (κ1) is 70.5. The summed E-state index contributed by atoms with van der Waals surface area (Å²) in [5.41, 5.74) is 37.5. The highest BCUT2D eigenvalue weighted by molar-refractivity contribution is 6.29. The third-order valence-corrected chi connectivity index (χ3v) is 24.3. The number of H-pyrrole nitrogens is 4. The Labute approximate surface area is 662 Å². The second-order valence-electron chi connectivity index (χ2n) is 33.5. The molecule has 6 aliphatic heterocycles. The zero-order valence-corrected chi connectivity index (χ0v) is 66.2. The molecule has 1 spiro atoms. The summed E-state index contributed by atoms with van der Waals surface area (Å²) in [4.78, 5) is 28.7. The van der Waals surface area contributed by atoms with Crippen molar-refractivity contribution in [3.05, 3.63) is 460 Å². The van der Waals surface area contributed by atoms with E-state index < -0.39 is 5.91 Å². The maximum atomic E-state index is 13.7. The maximum absolute atomic E-state index is 13.7. The Bertz CT molecular complexity index is 6450. The Morgan fingerprint density at radius 1 is 0.363 bits per heavy atom. The SMILES string of the molecule is CCc1ccc(C(=O)c2ccc(C(c3ccc(C(C)(C)C)cc3)c3ccc(C(c4ccc(C)cc4)c4ccc(C(c5ccccc5)c5ccc(C)[nH]5)[nH]4)[nH]3)[nH]2)cc1.CCc1ccc(C2=C3C=CC4=[N+]3[C@]35n6c2ccc6C(c2ccc(C(C)(C)C)cc2)=C2C=CC(=[N+]23)C(c2ccc(C)cc2)=c2ccc(n25)=C4c2ccccc2)cc1. The van der Waals surface area contributed by atoms with Crippen molar-refractivity contribution >= 4 is 39.5 Å². The van der Waals surface area contributed by atoms with E-state index in [4.69, 9.17) is 0 Å². The van der Waals surface area contributed by atoms with E-state index in [1.165, 1.54) is 134 Å². The van der Waals surface area contributed by atoms with Crippen molar-refractivity contribution in [3.63, 3.8) is 0 Å². The van der Waals surface area contributed by atoms with Crippen molar-refractivity contribution in [2.75, 3.05) is 0 Å². The Morgan fingerprint density at radius 2 is 0.743 bits per heavy atom. The summed E-state index contributed by atoms with van der Waals surface area (Å²) in [6, 6.07) is 102. The highest BCUT2D eigenvalue weighted by Crippen LogP contribution is 2.54. The smallest absolute Gasteiger partial charge is 0.362 e. The topological polar surface area (TPSA) is 96.1 Å². The molecule has 0 saturated heterocycles. The fourth-order valence-corrected chi connectivity index (χ4v) is 18.4. The van der Waals surface area contributed by atoms with Crippen molar-refractivity contribution in [1.82, 2.24) is 29.1 Å². The molecule has 4 atom stereocenters. The first-order chi connectivity index (χ1) is 54.8. The van der Waals surface area contributed by atoms with Gasteiger partial charge in [0, 0.05) is 69.7 Å². The number of allylic oxidation sites excluding steroid dienone is 4. The van der Waals surface area contributed by atoms with Gasteiger partial charge in [-0.25, -0.2) is 0 Å². The number of aromatic nitrogens is 6. The maximum Gasteiger partial charge on any atom is 0.553 e. The lowest BCUT2D eigenvalue weighted by Crippen LogP contribution is -2.71. The molecule has 6 aromatic heterocycles. The quantitative estimate of drug-likeness (QED) is 0.0530. The van der Waals surface area contributed by atoms with Gasteiger partial charge in [-0.2, -0.15) is 9.13 Å². The van der Waals surface area contributed by atoms with Gasteiger partial charge in [-0.05, 0) is 178 Å². The first-order valence-corrected chi connectivity index (χ1v) is 40.1. The largest absolute Gasteiger partial charge is 0.553 e. The van der Waals surface area contributed by atoms with E-state index in [2.05, 4.69) is 387 Å². The molecule has 12 heterocycles. The number of nitrogens with zero attached hydrogens (tertiary/aromatic N) is 4. The van der Waals surface area contributed by atoms with Gasteiger partial charge >= 0.3 is 5.91 Å². The van der Waals surface area contributed by atoms with Crippen LogP contribution < -0.4 is 10.7 Å². The first-order valence-electron chi connectivity index (χ1n) is 40.1. The van der Waals surface area contributed by atoms with Crippen molar-refractivity contribution in [3.8, 4) is 0 Å². The third-order valence-electron chi connectivity index (χ3n) is 24.3. The summed E-state index contributed by atoms with van der Waals surface area (Å²) >= 11 is 0. The number of ketones is 1. The van der Waals surface area contributed by atoms with Crippen LogP contribution in [-0.2, 0) is 29.6 Å². The second-order valence-corrected chi connectivity index (χ2v) is 33.5. The van der Waals surface area contributed by atoms with E-state index in [1.54, 1.807) is 0 Å². The summed E-state index contributed by atoms with van der Waals surface area (Å²) in [6.07, 6.45) is 11.5. The van der Waals surface area contributed by atoms with Crippen LogP contribution in [-0.4, -0.2) is 55.4 Å². The molecule has 113 heavy (non-hydrogen) atoms. The molecule has 14 aromatic rings. The van der Waals surface area contributed by atoms with Gasteiger partial charge in [-0.1, -0.05) is 282 Å². The lowest BCUT2D eigenvalue weighted by molar-refractivity contribution is -0.834. The summed E-state index contributed by atoms with van der Waals surface area (Å²) in [6.45, 7) is 24.4. The fourth-order valence-electron chi connectivity index (χ4n) is 18.4. The van der Waals surface area contributed by atoms with Crippen LogP contribution in [0.4, 0.5) is 0 Å². The van der Waals surface area contributed by atoms with E-state index in [-0.39, 0.29) is 34.4 Å². The molecule has 20 rings (SSSR count). The predicted molar refractivity (Wildman–Crippen MR) is 459 cm³/mol. The van der Waals surface area contributed by atoms with Gasteiger partial charge in [0.15, 0.2) is 0 Å². The van der Waals surface area contributed by atoms with E-state index in [9.17, 15) is 4.79 Å². The van der Waals surface area contributed by atoms with E-state index in [0.717, 1.165) is 58.3 Å². The summed E-state index contributed by atoms with van der Waals surface area (Å²) in [5.74, 6) is -0.998. The highest BCUT2D eigenvalue weighted by atomic mass is 16.1. The summed E-state index contributed by atoms with van der Waals surface area (Å²) < 4.78 is 10.7. The molecule has 9 nitrogen and oxygen atoms in total. The number of aromatic amines is 4. The zero-order valence-electron chi connectivity index (χ0n) is 66.2. The lowest BCUT2D eigenvalue weighted by Gasteiger charge is -2.41. The minimum Gasteiger partial charge on any atom is -0.362 e. The number of hydrogen-bond acceptors (Lipinski definition) is 1. The number of carbonyl (C=O) groups is 1. The Hall–Kier alpha value is -12.9. The van der Waals surface area contributed by atoms with Gasteiger partial charge in [0.05, 0.1) is 67.8 Å². The van der Waals surface area contributed by atoms with Crippen molar-refractivity contribution in [2.45, 2.75) is 123 Å². The molecular formula is C104H94N8O+2. The molecule has 3 unspecified atom stereocenters. The van der Waals surface area contributed by atoms with Crippen molar-refractivity contribution in [1.29, 1.82) is 0 Å². The van der Waals surface area contributed by atoms with E-state index >= 15 is 0 Å². The van der Waals surface area contributed by atoms with Gasteiger partial charge < -0.3 is 19.9 Å². The molecule has 0 radical (unpaired) electrons. The fraction of sp³-hybridized carbons (Fsp3) is 0.183. The van der Waals surface area contributed by atoms with Crippen LogP contribution in [0.1, 0.15) is 213 Å². The Morgan fingerprint density at radius 3 is 1.21 bits per heavy atom. The normalized spacial score (nSPS) is 16.4. The van der Waals surface area contributed by atoms with Crippen LogP contribution in [0.2, 0.25) is 0 Å². The molecule has 0 amide bonds. The zero-order chi connectivity index (χ0) is 77.3. The summed E-state index contributed by atoms with van der Waals surface area (Å²) in [7, 11) is 0. The minimum atomic E-state index is -0.779. The van der Waals surface area contributed by atoms with E-state index in [0.29, 0.717) is 11.3 Å². The third kappa shape index (κ3) is 11.7. The lowest BCUT2D eigenvalue weighted by atomic mass is 9.84. The van der Waals surface area contributed by atoms with Crippen LogP contribution >= 0.6 is 0 Å². The molecule has 0 saturated carbocycles. The van der Waals surface area contributed by atoms with Gasteiger partial charge in [0.25, 0.3) is 0 Å². The van der Waals surface area contributed by atoms with E-state index in [1.807, 2.05) is 30.3 Å². The molecule has 0 bridgehead atoms. The molecule has 0 fully saturated rings. The van der Waals surface area contributed by atoms with Crippen LogP contribution in [0.5, 0.6) is 0 Å². The molecule has 9 heteroatoms. The second kappa shape index (κ2) is 27.3. The monoisotopic (exact) mass is 1470 g/mol.